The van der Waals surface area contributed by atoms with Gasteiger partial charge in [-0.3, -0.25) is 19.1 Å². The van der Waals surface area contributed by atoms with Crippen LogP contribution in [0, 0.1) is 12.7 Å². The summed E-state index contributed by atoms with van der Waals surface area (Å²) < 4.78 is 51.4. The third-order valence-electron chi connectivity index (χ3n) is 6.65. The van der Waals surface area contributed by atoms with Crippen LogP contribution in [0.4, 0.5) is 10.1 Å². The maximum absolute atomic E-state index is 14.0. The van der Waals surface area contributed by atoms with Gasteiger partial charge in [0.05, 0.1) is 24.0 Å². The highest BCUT2D eigenvalue weighted by molar-refractivity contribution is 7.92. The van der Waals surface area contributed by atoms with E-state index < -0.39 is 10.0 Å². The molecule has 192 valence electrons. The van der Waals surface area contributed by atoms with E-state index in [1.54, 1.807) is 0 Å². The van der Waals surface area contributed by atoms with Crippen molar-refractivity contribution in [3.05, 3.63) is 59.5 Å². The van der Waals surface area contributed by atoms with Crippen molar-refractivity contribution in [1.29, 1.82) is 0 Å². The van der Waals surface area contributed by atoms with E-state index in [-0.39, 0.29) is 5.82 Å². The van der Waals surface area contributed by atoms with Gasteiger partial charge in [0, 0.05) is 62.5 Å². The van der Waals surface area contributed by atoms with Crippen molar-refractivity contribution in [2.45, 2.75) is 13.5 Å². The molecule has 8 nitrogen and oxygen atoms in total. The van der Waals surface area contributed by atoms with Crippen molar-refractivity contribution >= 4 is 26.6 Å². The Labute approximate surface area is 211 Å². The van der Waals surface area contributed by atoms with Gasteiger partial charge in [0.25, 0.3) is 0 Å². The second-order valence-corrected chi connectivity index (χ2v) is 11.3. The first kappa shape index (κ1) is 24.7. The summed E-state index contributed by atoms with van der Waals surface area (Å²) in [4.78, 5) is 9.10. The Balaban J connectivity index is 1.14. The number of hydrogen-bond donors (Lipinski definition) is 0. The average molecular weight is 515 g/mol. The first-order chi connectivity index (χ1) is 17.3. The highest BCUT2D eigenvalue weighted by Gasteiger charge is 2.26. The molecule has 5 rings (SSSR count). The number of pyridine rings is 1. The molecule has 0 saturated carbocycles. The van der Waals surface area contributed by atoms with Crippen LogP contribution in [0.15, 0.2) is 42.5 Å². The van der Waals surface area contributed by atoms with E-state index >= 15 is 0 Å². The molecule has 10 heteroatoms. The number of halogens is 1. The molecule has 2 aliphatic rings. The predicted octanol–water partition coefficient (Wildman–Crippen LogP) is 3.04. The van der Waals surface area contributed by atoms with E-state index in [4.69, 9.17) is 9.47 Å². The van der Waals surface area contributed by atoms with Gasteiger partial charge in [0.2, 0.25) is 10.0 Å². The molecule has 1 aromatic heterocycles. The Morgan fingerprint density at radius 1 is 1.03 bits per heavy atom. The lowest BCUT2D eigenvalue weighted by molar-refractivity contribution is 0.113. The Hall–Kier alpha value is -2.95. The van der Waals surface area contributed by atoms with Crippen molar-refractivity contribution in [1.82, 2.24) is 14.8 Å². The summed E-state index contributed by atoms with van der Waals surface area (Å²) in [6.07, 6.45) is 1.23. The van der Waals surface area contributed by atoms with E-state index in [0.29, 0.717) is 42.5 Å². The Morgan fingerprint density at radius 3 is 2.58 bits per heavy atom. The predicted molar refractivity (Wildman–Crippen MR) is 138 cm³/mol. The van der Waals surface area contributed by atoms with Gasteiger partial charge in [0.1, 0.15) is 30.5 Å². The molecule has 0 amide bonds. The van der Waals surface area contributed by atoms with E-state index in [9.17, 15) is 12.8 Å². The standard InChI is InChI=1S/C26H31FN4O4S/c1-19-3-5-22-23(28-19)16-21(27)17-26(22)35-13-11-29-7-9-30(10-8-29)18-20-4-6-25-24(15-20)31(12-14-34-25)36(2,32)33/h3-6,15-17H,7-14,18H2,1-2H3. The van der Waals surface area contributed by atoms with Crippen LogP contribution < -0.4 is 13.8 Å². The highest BCUT2D eigenvalue weighted by Crippen LogP contribution is 2.34. The number of rotatable bonds is 7. The number of anilines is 1. The normalized spacial score (nSPS) is 17.1. The van der Waals surface area contributed by atoms with Crippen LogP contribution in [0.3, 0.4) is 0 Å². The third-order valence-corrected chi connectivity index (χ3v) is 7.83. The molecule has 0 atom stereocenters. The van der Waals surface area contributed by atoms with Crippen LogP contribution in [0.5, 0.6) is 11.5 Å². The zero-order valence-electron chi connectivity index (χ0n) is 20.6. The van der Waals surface area contributed by atoms with Gasteiger partial charge in [-0.25, -0.2) is 12.8 Å². The molecule has 1 saturated heterocycles. The maximum atomic E-state index is 14.0. The quantitative estimate of drug-likeness (QED) is 0.480. The van der Waals surface area contributed by atoms with Gasteiger partial charge in [-0.05, 0) is 36.8 Å². The number of fused-ring (bicyclic) bond motifs is 2. The van der Waals surface area contributed by atoms with Gasteiger partial charge in [-0.15, -0.1) is 0 Å². The second kappa shape index (κ2) is 10.2. The highest BCUT2D eigenvalue weighted by atomic mass is 32.2. The molecular weight excluding hydrogens is 483 g/mol. The minimum absolute atomic E-state index is 0.331. The van der Waals surface area contributed by atoms with Crippen molar-refractivity contribution in [2.24, 2.45) is 0 Å². The van der Waals surface area contributed by atoms with Crippen molar-refractivity contribution in [3.8, 4) is 11.5 Å². The summed E-state index contributed by atoms with van der Waals surface area (Å²) in [6.45, 7) is 8.14. The Bertz CT molecular complexity index is 1350. The molecule has 3 heterocycles. The zero-order valence-corrected chi connectivity index (χ0v) is 21.4. The topological polar surface area (TPSA) is 75.2 Å². The Morgan fingerprint density at radius 2 is 1.81 bits per heavy atom. The minimum atomic E-state index is -3.35. The van der Waals surface area contributed by atoms with Gasteiger partial charge in [-0.1, -0.05) is 6.07 Å². The van der Waals surface area contributed by atoms with Gasteiger partial charge < -0.3 is 9.47 Å². The Kier molecular flexibility index (Phi) is 7.00. The third kappa shape index (κ3) is 5.55. The monoisotopic (exact) mass is 514 g/mol. The van der Waals surface area contributed by atoms with E-state index in [1.807, 2.05) is 37.3 Å². The molecule has 3 aromatic rings. The number of benzene rings is 2. The summed E-state index contributed by atoms with van der Waals surface area (Å²) in [5, 5.41) is 0.816. The fourth-order valence-corrected chi connectivity index (χ4v) is 5.69. The van der Waals surface area contributed by atoms with Crippen LogP contribution in [-0.4, -0.2) is 81.9 Å². The van der Waals surface area contributed by atoms with E-state index in [2.05, 4.69) is 14.8 Å². The zero-order chi connectivity index (χ0) is 25.3. The van der Waals surface area contributed by atoms with Crippen LogP contribution in [0.25, 0.3) is 10.9 Å². The van der Waals surface area contributed by atoms with E-state index in [0.717, 1.165) is 55.9 Å². The smallest absolute Gasteiger partial charge is 0.232 e. The van der Waals surface area contributed by atoms with Gasteiger partial charge >= 0.3 is 0 Å². The van der Waals surface area contributed by atoms with Crippen LogP contribution in [-0.2, 0) is 16.6 Å². The lowest BCUT2D eigenvalue weighted by atomic mass is 10.1. The first-order valence-electron chi connectivity index (χ1n) is 12.1. The molecule has 0 N–H and O–H groups in total. The summed E-state index contributed by atoms with van der Waals surface area (Å²) in [7, 11) is -3.35. The molecule has 1 fully saturated rings. The van der Waals surface area contributed by atoms with E-state index in [1.165, 1.54) is 22.7 Å². The number of ether oxygens (including phenoxy) is 2. The molecular formula is C26H31FN4O4S. The summed E-state index contributed by atoms with van der Waals surface area (Å²) in [5.41, 5.74) is 3.12. The van der Waals surface area contributed by atoms with Crippen LogP contribution >= 0.6 is 0 Å². The van der Waals surface area contributed by atoms with Gasteiger partial charge in [0.15, 0.2) is 0 Å². The van der Waals surface area contributed by atoms with Crippen LogP contribution in [0.1, 0.15) is 11.3 Å². The number of aromatic nitrogens is 1. The first-order valence-corrected chi connectivity index (χ1v) is 14.0. The minimum Gasteiger partial charge on any atom is -0.491 e. The fraction of sp³-hybridized carbons (Fsp3) is 0.423. The molecule has 0 unspecified atom stereocenters. The number of aryl methyl sites for hydroxylation is 1. The molecule has 0 aliphatic carbocycles. The van der Waals surface area contributed by atoms with Crippen LogP contribution in [0.2, 0.25) is 0 Å². The lowest BCUT2D eigenvalue weighted by Gasteiger charge is -2.35. The van der Waals surface area contributed by atoms with Crippen molar-refractivity contribution < 1.29 is 22.3 Å². The van der Waals surface area contributed by atoms with Crippen molar-refractivity contribution in [3.63, 3.8) is 0 Å². The van der Waals surface area contributed by atoms with Gasteiger partial charge in [-0.2, -0.15) is 0 Å². The molecule has 36 heavy (non-hydrogen) atoms. The largest absolute Gasteiger partial charge is 0.491 e. The summed E-state index contributed by atoms with van der Waals surface area (Å²) >= 11 is 0. The average Bonchev–Trinajstić information content (AvgIpc) is 2.83. The maximum Gasteiger partial charge on any atom is 0.232 e. The second-order valence-electron chi connectivity index (χ2n) is 9.38. The number of hydrogen-bond acceptors (Lipinski definition) is 7. The SMILES string of the molecule is Cc1ccc2c(OCCN3CCN(Cc4ccc5c(c4)N(S(C)(=O)=O)CCO5)CC3)cc(F)cc2n1. The summed E-state index contributed by atoms with van der Waals surface area (Å²) in [6, 6.07) is 12.5. The lowest BCUT2D eigenvalue weighted by Crippen LogP contribution is -2.47. The molecule has 2 aromatic carbocycles. The molecule has 2 aliphatic heterocycles. The summed E-state index contributed by atoms with van der Waals surface area (Å²) in [5.74, 6) is 0.783. The molecule has 0 radical (unpaired) electrons. The molecule has 0 spiro atoms. The van der Waals surface area contributed by atoms with Crippen molar-refractivity contribution in [2.75, 3.05) is 63.0 Å². The number of piperazine rings is 1. The molecule has 0 bridgehead atoms. The fourth-order valence-electron chi connectivity index (χ4n) is 4.79. The number of sulfonamides is 1. The number of nitrogens with zero attached hydrogens (tertiary/aromatic N) is 4.